The number of hydrogen-bond acceptors (Lipinski definition) is 5. The Morgan fingerprint density at radius 3 is 2.81 bits per heavy atom. The molecule has 0 saturated carbocycles. The highest BCUT2D eigenvalue weighted by Crippen LogP contribution is 2.28. The van der Waals surface area contributed by atoms with Crippen molar-refractivity contribution < 1.29 is 5.11 Å². The zero-order chi connectivity index (χ0) is 18.6. The van der Waals surface area contributed by atoms with Gasteiger partial charge in [0.15, 0.2) is 0 Å². The van der Waals surface area contributed by atoms with Crippen molar-refractivity contribution in [2.45, 2.75) is 58.2 Å². The van der Waals surface area contributed by atoms with Gasteiger partial charge in [-0.25, -0.2) is 4.98 Å². The summed E-state index contributed by atoms with van der Waals surface area (Å²) in [6.07, 6.45) is 5.86. The van der Waals surface area contributed by atoms with Gasteiger partial charge in [0.05, 0.1) is 12.2 Å². The normalized spacial score (nSPS) is 21.3. The lowest BCUT2D eigenvalue weighted by Crippen LogP contribution is -2.52. The number of aromatic nitrogens is 1. The predicted molar refractivity (Wildman–Crippen MR) is 111 cm³/mol. The Morgan fingerprint density at radius 2 is 2.00 bits per heavy atom. The van der Waals surface area contributed by atoms with E-state index in [9.17, 15) is 5.11 Å². The molecule has 0 radical (unpaired) electrons. The number of piperazine rings is 1. The van der Waals surface area contributed by atoms with Gasteiger partial charge in [-0.1, -0.05) is 24.3 Å². The summed E-state index contributed by atoms with van der Waals surface area (Å²) in [5, 5.41) is 10.9. The van der Waals surface area contributed by atoms with E-state index in [2.05, 4.69) is 41.0 Å². The van der Waals surface area contributed by atoms with E-state index in [1.807, 2.05) is 11.3 Å². The highest BCUT2D eigenvalue weighted by Gasteiger charge is 2.28. The smallest absolute Gasteiger partial charge is 0.107 e. The molecule has 4 rings (SSSR count). The molecule has 5 heteroatoms. The fourth-order valence-corrected chi connectivity index (χ4v) is 5.60. The van der Waals surface area contributed by atoms with E-state index in [0.717, 1.165) is 39.1 Å². The van der Waals surface area contributed by atoms with Crippen LogP contribution in [0.1, 0.15) is 46.0 Å². The first-order valence-corrected chi connectivity index (χ1v) is 11.1. The molecule has 0 amide bonds. The third kappa shape index (κ3) is 4.60. The molecule has 2 heterocycles. The van der Waals surface area contributed by atoms with Crippen LogP contribution in [0.4, 0.5) is 0 Å². The monoisotopic (exact) mass is 385 g/mol. The third-order valence-corrected chi connectivity index (χ3v) is 7.18. The lowest BCUT2D eigenvalue weighted by atomic mass is 10.0. The molecule has 2 aliphatic rings. The van der Waals surface area contributed by atoms with Crippen LogP contribution in [0.2, 0.25) is 0 Å². The molecule has 1 unspecified atom stereocenters. The number of hydrogen-bond donors (Lipinski definition) is 1. The molecule has 1 N–H and O–H groups in total. The van der Waals surface area contributed by atoms with Gasteiger partial charge in [0.25, 0.3) is 0 Å². The lowest BCUT2D eigenvalue weighted by Gasteiger charge is -2.41. The van der Waals surface area contributed by atoms with E-state index < -0.39 is 0 Å². The molecule has 1 saturated heterocycles. The van der Waals surface area contributed by atoms with Crippen molar-refractivity contribution in [3.05, 3.63) is 51.0 Å². The average Bonchev–Trinajstić information content (AvgIpc) is 3.08. The molecule has 27 heavy (non-hydrogen) atoms. The van der Waals surface area contributed by atoms with Crippen LogP contribution in [0.15, 0.2) is 24.3 Å². The van der Waals surface area contributed by atoms with E-state index in [1.165, 1.54) is 52.4 Å². The van der Waals surface area contributed by atoms with Crippen molar-refractivity contribution in [1.82, 2.24) is 14.8 Å². The molecule has 1 atom stereocenters. The molecule has 1 aromatic heterocycles. The van der Waals surface area contributed by atoms with Crippen LogP contribution in [0, 0.1) is 6.92 Å². The summed E-state index contributed by atoms with van der Waals surface area (Å²) < 4.78 is 0. The number of thiazole rings is 1. The molecular formula is C22H31N3OS. The van der Waals surface area contributed by atoms with Crippen molar-refractivity contribution in [2.75, 3.05) is 26.2 Å². The van der Waals surface area contributed by atoms with E-state index in [0.29, 0.717) is 6.04 Å². The number of benzene rings is 1. The zero-order valence-electron chi connectivity index (χ0n) is 16.4. The first-order chi connectivity index (χ1) is 13.2. The van der Waals surface area contributed by atoms with Crippen molar-refractivity contribution in [2.24, 2.45) is 0 Å². The Morgan fingerprint density at radius 1 is 1.15 bits per heavy atom. The van der Waals surface area contributed by atoms with Gasteiger partial charge < -0.3 is 5.11 Å². The van der Waals surface area contributed by atoms with Gasteiger partial charge >= 0.3 is 0 Å². The molecule has 4 nitrogen and oxygen atoms in total. The maximum Gasteiger partial charge on any atom is 0.107 e. The number of fused-ring (bicyclic) bond motifs is 1. The van der Waals surface area contributed by atoms with Crippen LogP contribution in [0.25, 0.3) is 0 Å². The van der Waals surface area contributed by atoms with E-state index >= 15 is 0 Å². The van der Waals surface area contributed by atoms with Crippen molar-refractivity contribution in [3.8, 4) is 0 Å². The summed E-state index contributed by atoms with van der Waals surface area (Å²) in [6.45, 7) is 7.57. The quantitative estimate of drug-likeness (QED) is 0.827. The maximum atomic E-state index is 9.59. The molecular weight excluding hydrogens is 354 g/mol. The summed E-state index contributed by atoms with van der Waals surface area (Å²) >= 11 is 1.93. The summed E-state index contributed by atoms with van der Waals surface area (Å²) in [6, 6.07) is 9.08. The Labute approximate surface area is 166 Å². The SMILES string of the molecule is Cc1ccccc1CN1CCN(Cc2nc3c(s2)CCCC3)CC1CCO. The second kappa shape index (κ2) is 8.82. The Hall–Kier alpha value is -1.27. The van der Waals surface area contributed by atoms with Gasteiger partial charge in [-0.3, -0.25) is 9.80 Å². The topological polar surface area (TPSA) is 39.6 Å². The van der Waals surface area contributed by atoms with Crippen molar-refractivity contribution >= 4 is 11.3 Å². The second-order valence-corrected chi connectivity index (χ2v) is 9.15. The number of aryl methyl sites for hydroxylation is 3. The molecule has 146 valence electrons. The van der Waals surface area contributed by atoms with E-state index in [4.69, 9.17) is 4.98 Å². The van der Waals surface area contributed by atoms with Gasteiger partial charge in [-0.2, -0.15) is 0 Å². The number of rotatable bonds is 6. The minimum Gasteiger partial charge on any atom is -0.396 e. The summed E-state index contributed by atoms with van der Waals surface area (Å²) in [5.74, 6) is 0. The van der Waals surface area contributed by atoms with Gasteiger partial charge in [-0.15, -0.1) is 11.3 Å². The lowest BCUT2D eigenvalue weighted by molar-refractivity contribution is 0.0498. The molecule has 1 aliphatic heterocycles. The van der Waals surface area contributed by atoms with Gasteiger partial charge in [0.2, 0.25) is 0 Å². The van der Waals surface area contributed by atoms with Gasteiger partial charge in [0, 0.05) is 43.7 Å². The first kappa shape index (κ1) is 19.1. The summed E-state index contributed by atoms with van der Waals surface area (Å²) in [7, 11) is 0. The highest BCUT2D eigenvalue weighted by molar-refractivity contribution is 7.11. The van der Waals surface area contributed by atoms with Crippen LogP contribution in [-0.4, -0.2) is 52.2 Å². The number of nitrogens with zero attached hydrogens (tertiary/aromatic N) is 3. The minimum atomic E-state index is 0.258. The van der Waals surface area contributed by atoms with E-state index in [-0.39, 0.29) is 6.61 Å². The second-order valence-electron chi connectivity index (χ2n) is 7.98. The Bertz CT molecular complexity index is 736. The Kier molecular flexibility index (Phi) is 6.23. The number of aliphatic hydroxyl groups excluding tert-OH is 1. The van der Waals surface area contributed by atoms with Gasteiger partial charge in [-0.05, 0) is 50.2 Å². The van der Waals surface area contributed by atoms with Crippen LogP contribution in [-0.2, 0) is 25.9 Å². The van der Waals surface area contributed by atoms with Crippen LogP contribution < -0.4 is 0 Å². The first-order valence-electron chi connectivity index (χ1n) is 10.3. The van der Waals surface area contributed by atoms with Crippen LogP contribution in [0.5, 0.6) is 0 Å². The van der Waals surface area contributed by atoms with Gasteiger partial charge in [0.1, 0.15) is 5.01 Å². The van der Waals surface area contributed by atoms with Crippen LogP contribution in [0.3, 0.4) is 0 Å². The standard InChI is InChI=1S/C22H31N3OS/c1-17-6-2-3-7-18(17)14-25-12-11-24(15-19(25)10-13-26)16-22-23-20-8-4-5-9-21(20)27-22/h2-3,6-7,19,26H,4-5,8-16H2,1H3. The molecule has 1 fully saturated rings. The largest absolute Gasteiger partial charge is 0.396 e. The average molecular weight is 386 g/mol. The molecule has 0 spiro atoms. The zero-order valence-corrected chi connectivity index (χ0v) is 17.2. The predicted octanol–water partition coefficient (Wildman–Crippen LogP) is 3.40. The molecule has 2 aromatic rings. The van der Waals surface area contributed by atoms with Crippen molar-refractivity contribution in [3.63, 3.8) is 0 Å². The van der Waals surface area contributed by atoms with Crippen LogP contribution >= 0.6 is 11.3 Å². The van der Waals surface area contributed by atoms with E-state index in [1.54, 1.807) is 0 Å². The fraction of sp³-hybridized carbons (Fsp3) is 0.591. The molecule has 0 bridgehead atoms. The molecule has 1 aromatic carbocycles. The third-order valence-electron chi connectivity index (χ3n) is 6.03. The van der Waals surface area contributed by atoms with Crippen molar-refractivity contribution in [1.29, 1.82) is 0 Å². The fourth-order valence-electron chi connectivity index (χ4n) is 4.40. The summed E-state index contributed by atoms with van der Waals surface area (Å²) in [5.41, 5.74) is 4.13. The highest BCUT2D eigenvalue weighted by atomic mass is 32.1. The number of aliphatic hydroxyl groups is 1. The molecule has 1 aliphatic carbocycles. The summed E-state index contributed by atoms with van der Waals surface area (Å²) in [4.78, 5) is 11.6. The Balaban J connectivity index is 1.40. The maximum absolute atomic E-state index is 9.59. The minimum absolute atomic E-state index is 0.258.